The quantitative estimate of drug-likeness (QED) is 0.127. The van der Waals surface area contributed by atoms with Gasteiger partial charge in [0.05, 0.1) is 0 Å². The third kappa shape index (κ3) is 6.46. The van der Waals surface area contributed by atoms with Crippen molar-refractivity contribution in [2.45, 2.75) is 32.1 Å². The normalized spacial score (nSPS) is 12.7. The molecule has 0 spiro atoms. The van der Waals surface area contributed by atoms with Gasteiger partial charge in [-0.3, -0.25) is 0 Å². The summed E-state index contributed by atoms with van der Waals surface area (Å²) in [6.07, 6.45) is 6.60. The molecular weight excluding hydrogens is 675 g/mol. The summed E-state index contributed by atoms with van der Waals surface area (Å²) in [5.74, 6) is 0. The summed E-state index contributed by atoms with van der Waals surface area (Å²) in [5.41, 5.74) is 18.8. The van der Waals surface area contributed by atoms with Crippen molar-refractivity contribution in [3.8, 4) is 44.5 Å². The second kappa shape index (κ2) is 15.2. The lowest BCUT2D eigenvalue weighted by atomic mass is 9.73. The third-order valence-corrected chi connectivity index (χ3v) is 11.8. The van der Waals surface area contributed by atoms with E-state index in [0.717, 1.165) is 24.2 Å². The van der Waals surface area contributed by atoms with E-state index in [0.29, 0.717) is 0 Å². The van der Waals surface area contributed by atoms with Crippen LogP contribution in [0.4, 0.5) is 17.1 Å². The van der Waals surface area contributed by atoms with E-state index in [1.807, 2.05) is 0 Å². The highest BCUT2D eigenvalue weighted by atomic mass is 15.1. The van der Waals surface area contributed by atoms with Gasteiger partial charge in [-0.1, -0.05) is 184 Å². The zero-order valence-electron chi connectivity index (χ0n) is 32.1. The van der Waals surface area contributed by atoms with Crippen LogP contribution in [0.1, 0.15) is 48.9 Å². The largest absolute Gasteiger partial charge is 0.310 e. The van der Waals surface area contributed by atoms with Crippen LogP contribution in [0, 0.1) is 0 Å². The Bertz CT molecular complexity index is 2580. The zero-order valence-corrected chi connectivity index (χ0v) is 32.1. The van der Waals surface area contributed by atoms with Crippen LogP contribution in [0.25, 0.3) is 56.7 Å². The molecule has 0 unspecified atom stereocenters. The summed E-state index contributed by atoms with van der Waals surface area (Å²) in [6.45, 7) is 4.70. The lowest BCUT2D eigenvalue weighted by Gasteiger charge is -2.32. The third-order valence-electron chi connectivity index (χ3n) is 11.8. The second-order valence-electron chi connectivity index (χ2n) is 14.8. The molecular formula is C55H45N. The Kier molecular flexibility index (Phi) is 9.51. The predicted molar refractivity (Wildman–Crippen MR) is 240 cm³/mol. The van der Waals surface area contributed by atoms with Crippen LogP contribution >= 0.6 is 0 Å². The minimum absolute atomic E-state index is 0.0578. The van der Waals surface area contributed by atoms with Crippen molar-refractivity contribution >= 4 is 29.2 Å². The molecule has 1 heteroatoms. The van der Waals surface area contributed by atoms with E-state index in [4.69, 9.17) is 0 Å². The highest BCUT2D eigenvalue weighted by Gasteiger charge is 2.41. The minimum Gasteiger partial charge on any atom is -0.310 e. The Labute approximate surface area is 331 Å². The van der Waals surface area contributed by atoms with E-state index >= 15 is 0 Å². The van der Waals surface area contributed by atoms with Gasteiger partial charge in [0, 0.05) is 22.5 Å². The van der Waals surface area contributed by atoms with Gasteiger partial charge in [0.1, 0.15) is 0 Å². The summed E-state index contributed by atoms with van der Waals surface area (Å²) >= 11 is 0. The van der Waals surface area contributed by atoms with E-state index < -0.39 is 0 Å². The maximum atomic E-state index is 2.46. The Hall–Kier alpha value is -6.70. The van der Waals surface area contributed by atoms with Gasteiger partial charge in [0.2, 0.25) is 0 Å². The number of fused-ring (bicyclic) bond motifs is 3. The Morgan fingerprint density at radius 1 is 0.357 bits per heavy atom. The summed E-state index contributed by atoms with van der Waals surface area (Å²) in [7, 11) is 0. The standard InChI is InChI=1S/C55H45N/c1-3-55(4-2)53-37-41(29-34-50(53)51-36-33-48(39-54(51)55)56(46-21-13-7-14-22-46)47-23-15-8-16-24-47)26-25-40-27-30-44(31-28-40)49-35-32-45(42-17-9-5-10-18-42)38-52(49)43-19-11-6-12-20-43/h5-39H,3-4H2,1-2H3. The van der Waals surface area contributed by atoms with Gasteiger partial charge in [-0.2, -0.15) is 0 Å². The van der Waals surface area contributed by atoms with Gasteiger partial charge in [0.25, 0.3) is 0 Å². The first-order valence-corrected chi connectivity index (χ1v) is 19.9. The van der Waals surface area contributed by atoms with Crippen LogP contribution in [-0.2, 0) is 5.41 Å². The second-order valence-corrected chi connectivity index (χ2v) is 14.8. The van der Waals surface area contributed by atoms with Gasteiger partial charge in [-0.25, -0.2) is 0 Å². The van der Waals surface area contributed by atoms with E-state index in [1.165, 1.54) is 72.4 Å². The molecule has 0 bridgehead atoms. The average Bonchev–Trinajstić information content (AvgIpc) is 3.55. The molecule has 56 heavy (non-hydrogen) atoms. The Balaban J connectivity index is 1.02. The van der Waals surface area contributed by atoms with Gasteiger partial charge in [-0.15, -0.1) is 0 Å². The van der Waals surface area contributed by atoms with E-state index in [2.05, 4.69) is 231 Å². The molecule has 9 rings (SSSR count). The molecule has 0 heterocycles. The van der Waals surface area contributed by atoms with Gasteiger partial charge >= 0.3 is 0 Å². The lowest BCUT2D eigenvalue weighted by Crippen LogP contribution is -2.23. The molecule has 1 aliphatic carbocycles. The van der Waals surface area contributed by atoms with Crippen molar-refractivity contribution in [1.29, 1.82) is 0 Å². The monoisotopic (exact) mass is 719 g/mol. The molecule has 1 nitrogen and oxygen atoms in total. The number of rotatable bonds is 10. The number of hydrogen-bond acceptors (Lipinski definition) is 1. The molecule has 0 atom stereocenters. The van der Waals surface area contributed by atoms with Crippen molar-refractivity contribution in [3.05, 3.63) is 222 Å². The molecule has 0 N–H and O–H groups in total. The topological polar surface area (TPSA) is 3.24 Å². The van der Waals surface area contributed by atoms with E-state index in [1.54, 1.807) is 0 Å². The number of anilines is 3. The summed E-state index contributed by atoms with van der Waals surface area (Å²) in [4.78, 5) is 2.38. The number of nitrogens with zero attached hydrogens (tertiary/aromatic N) is 1. The first-order chi connectivity index (χ1) is 27.6. The van der Waals surface area contributed by atoms with Crippen LogP contribution in [-0.4, -0.2) is 0 Å². The summed E-state index contributed by atoms with van der Waals surface area (Å²) in [5, 5.41) is 0. The molecule has 0 aromatic heterocycles. The van der Waals surface area contributed by atoms with Crippen LogP contribution in [0.2, 0.25) is 0 Å². The Morgan fingerprint density at radius 3 is 1.43 bits per heavy atom. The molecule has 8 aromatic carbocycles. The first kappa shape index (κ1) is 35.0. The van der Waals surface area contributed by atoms with Crippen molar-refractivity contribution in [3.63, 3.8) is 0 Å². The molecule has 0 saturated carbocycles. The Morgan fingerprint density at radius 2 is 0.821 bits per heavy atom. The maximum Gasteiger partial charge on any atom is 0.0465 e. The van der Waals surface area contributed by atoms with E-state index in [-0.39, 0.29) is 5.41 Å². The highest BCUT2D eigenvalue weighted by molar-refractivity contribution is 5.89. The SMILES string of the molecule is CCC1(CC)c2cc(C=Cc3ccc(-c4ccc(-c5ccccc5)cc4-c4ccccc4)cc3)ccc2-c2ccc(N(c3ccccc3)c3ccccc3)cc21. The smallest absolute Gasteiger partial charge is 0.0465 e. The maximum absolute atomic E-state index is 2.46. The molecule has 0 saturated heterocycles. The van der Waals surface area contributed by atoms with E-state index in [9.17, 15) is 0 Å². The van der Waals surface area contributed by atoms with Crippen molar-refractivity contribution in [1.82, 2.24) is 0 Å². The molecule has 270 valence electrons. The average molecular weight is 720 g/mol. The fraction of sp³-hybridized carbons (Fsp3) is 0.0909. The lowest BCUT2D eigenvalue weighted by molar-refractivity contribution is 0.490. The molecule has 8 aromatic rings. The summed E-state index contributed by atoms with van der Waals surface area (Å²) in [6, 6.07) is 72.8. The van der Waals surface area contributed by atoms with Gasteiger partial charge in [-0.05, 0) is 122 Å². The summed E-state index contributed by atoms with van der Waals surface area (Å²) < 4.78 is 0. The first-order valence-electron chi connectivity index (χ1n) is 19.9. The van der Waals surface area contributed by atoms with Crippen molar-refractivity contribution in [2.24, 2.45) is 0 Å². The van der Waals surface area contributed by atoms with Crippen LogP contribution in [0.15, 0.2) is 200 Å². The molecule has 0 radical (unpaired) electrons. The molecule has 0 amide bonds. The fourth-order valence-corrected chi connectivity index (χ4v) is 8.79. The van der Waals surface area contributed by atoms with Gasteiger partial charge < -0.3 is 4.90 Å². The molecule has 0 aliphatic heterocycles. The fourth-order valence-electron chi connectivity index (χ4n) is 8.79. The zero-order chi connectivity index (χ0) is 37.9. The number of benzene rings is 8. The van der Waals surface area contributed by atoms with Crippen LogP contribution in [0.5, 0.6) is 0 Å². The van der Waals surface area contributed by atoms with Crippen LogP contribution in [0.3, 0.4) is 0 Å². The predicted octanol–water partition coefficient (Wildman–Crippen LogP) is 15.4. The van der Waals surface area contributed by atoms with Crippen molar-refractivity contribution in [2.75, 3.05) is 4.90 Å². The van der Waals surface area contributed by atoms with Crippen molar-refractivity contribution < 1.29 is 0 Å². The minimum atomic E-state index is -0.0578. The highest BCUT2D eigenvalue weighted by Crippen LogP contribution is 2.54. The number of hydrogen-bond donors (Lipinski definition) is 0. The van der Waals surface area contributed by atoms with Gasteiger partial charge in [0.15, 0.2) is 0 Å². The van der Waals surface area contributed by atoms with Crippen LogP contribution < -0.4 is 4.90 Å². The number of para-hydroxylation sites is 2. The molecule has 0 fully saturated rings. The molecule has 1 aliphatic rings.